The van der Waals surface area contributed by atoms with E-state index in [2.05, 4.69) is 15.5 Å². The molecule has 2 N–H and O–H groups in total. The van der Waals surface area contributed by atoms with Gasteiger partial charge in [-0.1, -0.05) is 31.4 Å². The Labute approximate surface area is 167 Å². The minimum Gasteiger partial charge on any atom is -0.353 e. The van der Waals surface area contributed by atoms with Crippen molar-refractivity contribution in [1.82, 2.24) is 10.2 Å². The van der Waals surface area contributed by atoms with E-state index >= 15 is 0 Å². The van der Waals surface area contributed by atoms with E-state index in [0.717, 1.165) is 38.8 Å². The Kier molecular flexibility index (Phi) is 7.20. The number of carbonyl (C=O) groups is 3. The third-order valence-corrected chi connectivity index (χ3v) is 5.86. The van der Waals surface area contributed by atoms with E-state index in [1.165, 1.54) is 26.2 Å². The number of nitrogens with zero attached hydrogens (tertiary/aromatic N) is 1. The van der Waals surface area contributed by atoms with Crippen LogP contribution < -0.4 is 10.6 Å². The molecule has 0 aromatic heterocycles. The van der Waals surface area contributed by atoms with Crippen LogP contribution in [0.5, 0.6) is 0 Å². The lowest BCUT2D eigenvalue weighted by molar-refractivity contribution is -0.127. The van der Waals surface area contributed by atoms with Gasteiger partial charge in [-0.15, -0.1) is 0 Å². The number of para-hydroxylation sites is 1. The maximum atomic E-state index is 12.4. The molecule has 0 radical (unpaired) electrons. The molecule has 0 unspecified atom stereocenters. The molecule has 0 bridgehead atoms. The Balaban J connectivity index is 1.42. The molecule has 1 aliphatic carbocycles. The average molecular weight is 386 g/mol. The number of rotatable bonds is 6. The lowest BCUT2D eigenvalue weighted by atomic mass is 9.88. The van der Waals surface area contributed by atoms with Crippen LogP contribution in [-0.2, 0) is 9.59 Å². The first-order valence-electron chi connectivity index (χ1n) is 10.5. The molecule has 1 heterocycles. The van der Waals surface area contributed by atoms with Crippen molar-refractivity contribution in [2.24, 2.45) is 5.92 Å². The maximum Gasteiger partial charge on any atom is 0.238 e. The number of benzene rings is 1. The first-order chi connectivity index (χ1) is 13.5. The maximum absolute atomic E-state index is 12.4. The van der Waals surface area contributed by atoms with Gasteiger partial charge >= 0.3 is 0 Å². The summed E-state index contributed by atoms with van der Waals surface area (Å²) in [4.78, 5) is 38.6. The van der Waals surface area contributed by atoms with Gasteiger partial charge in [0, 0.05) is 30.6 Å². The smallest absolute Gasteiger partial charge is 0.238 e. The lowest BCUT2D eigenvalue weighted by Gasteiger charge is -2.33. The van der Waals surface area contributed by atoms with Gasteiger partial charge in [-0.3, -0.25) is 19.3 Å². The molecule has 28 heavy (non-hydrogen) atoms. The van der Waals surface area contributed by atoms with Crippen LogP contribution in [0.3, 0.4) is 0 Å². The molecule has 1 aromatic carbocycles. The number of carbonyl (C=O) groups excluding carboxylic acids is 3. The molecule has 6 nitrogen and oxygen atoms in total. The molecule has 2 fully saturated rings. The summed E-state index contributed by atoms with van der Waals surface area (Å²) in [7, 11) is 0. The van der Waals surface area contributed by atoms with Crippen molar-refractivity contribution in [2.45, 2.75) is 57.9 Å². The van der Waals surface area contributed by atoms with E-state index in [9.17, 15) is 14.4 Å². The summed E-state index contributed by atoms with van der Waals surface area (Å²) in [6, 6.07) is 7.29. The number of Topliss-reactive ketones (excluding diaryl/α,β-unsaturated/α-hetero) is 1. The first-order valence-corrected chi connectivity index (χ1v) is 10.5. The molecule has 1 aliphatic heterocycles. The van der Waals surface area contributed by atoms with Crippen molar-refractivity contribution < 1.29 is 14.4 Å². The van der Waals surface area contributed by atoms with Gasteiger partial charge in [0.2, 0.25) is 11.8 Å². The predicted molar refractivity (Wildman–Crippen MR) is 109 cm³/mol. The van der Waals surface area contributed by atoms with Crippen LogP contribution in [0.25, 0.3) is 0 Å². The van der Waals surface area contributed by atoms with Crippen LogP contribution >= 0.6 is 0 Å². The number of amides is 2. The molecule has 6 heteroatoms. The van der Waals surface area contributed by atoms with Gasteiger partial charge in [0.05, 0.1) is 12.2 Å². The summed E-state index contributed by atoms with van der Waals surface area (Å²) >= 11 is 0. The molecule has 0 atom stereocenters. The van der Waals surface area contributed by atoms with E-state index in [0.29, 0.717) is 17.8 Å². The zero-order chi connectivity index (χ0) is 19.9. The highest BCUT2D eigenvalue weighted by molar-refractivity contribution is 6.04. The van der Waals surface area contributed by atoms with Crippen LogP contribution in [0.4, 0.5) is 5.69 Å². The summed E-state index contributed by atoms with van der Waals surface area (Å²) in [5.74, 6) is 0.236. The lowest BCUT2D eigenvalue weighted by Crippen LogP contribution is -2.48. The Morgan fingerprint density at radius 2 is 1.68 bits per heavy atom. The average Bonchev–Trinajstić information content (AvgIpc) is 2.70. The SMILES string of the molecule is CC(=O)c1ccccc1NC(=O)CN1CCC(NC(=O)C2CCCCC2)CC1. The summed E-state index contributed by atoms with van der Waals surface area (Å²) < 4.78 is 0. The number of hydrogen-bond acceptors (Lipinski definition) is 4. The largest absolute Gasteiger partial charge is 0.353 e. The molecular weight excluding hydrogens is 354 g/mol. The van der Waals surface area contributed by atoms with Crippen molar-refractivity contribution in [3.8, 4) is 0 Å². The molecule has 3 rings (SSSR count). The Hall–Kier alpha value is -2.21. The van der Waals surface area contributed by atoms with E-state index in [-0.39, 0.29) is 29.6 Å². The van der Waals surface area contributed by atoms with Gasteiger partial charge in [0.1, 0.15) is 0 Å². The van der Waals surface area contributed by atoms with E-state index in [1.807, 2.05) is 6.07 Å². The highest BCUT2D eigenvalue weighted by Crippen LogP contribution is 2.24. The number of piperidine rings is 1. The summed E-state index contributed by atoms with van der Waals surface area (Å²) in [6.07, 6.45) is 7.36. The Morgan fingerprint density at radius 3 is 2.36 bits per heavy atom. The monoisotopic (exact) mass is 385 g/mol. The fourth-order valence-corrected chi connectivity index (χ4v) is 4.21. The van der Waals surface area contributed by atoms with Crippen LogP contribution in [0.1, 0.15) is 62.2 Å². The number of ketones is 1. The molecule has 2 aliphatic rings. The van der Waals surface area contributed by atoms with Gasteiger partial charge in [-0.2, -0.15) is 0 Å². The first kappa shape index (κ1) is 20.5. The second-order valence-corrected chi connectivity index (χ2v) is 8.04. The zero-order valence-electron chi connectivity index (χ0n) is 16.7. The van der Waals surface area contributed by atoms with Crippen molar-refractivity contribution >= 4 is 23.3 Å². The number of nitrogens with one attached hydrogen (secondary N) is 2. The van der Waals surface area contributed by atoms with E-state index in [4.69, 9.17) is 0 Å². The molecule has 1 saturated heterocycles. The van der Waals surface area contributed by atoms with Crippen molar-refractivity contribution in [1.29, 1.82) is 0 Å². The molecule has 1 saturated carbocycles. The standard InChI is InChI=1S/C22H31N3O3/c1-16(26)19-9-5-6-10-20(19)24-21(27)15-25-13-11-18(12-14-25)23-22(28)17-7-3-2-4-8-17/h5-6,9-10,17-18H,2-4,7-8,11-15H2,1H3,(H,23,28)(H,24,27). The van der Waals surface area contributed by atoms with Crippen molar-refractivity contribution in [3.63, 3.8) is 0 Å². The second-order valence-electron chi connectivity index (χ2n) is 8.04. The van der Waals surface area contributed by atoms with E-state index < -0.39 is 0 Å². The second kappa shape index (κ2) is 9.82. The van der Waals surface area contributed by atoms with Crippen LogP contribution in [-0.4, -0.2) is 48.2 Å². The molecule has 2 amide bonds. The normalized spacial score (nSPS) is 19.2. The fourth-order valence-electron chi connectivity index (χ4n) is 4.21. The minimum absolute atomic E-state index is 0.0644. The molecule has 1 aromatic rings. The van der Waals surface area contributed by atoms with Crippen LogP contribution in [0.15, 0.2) is 24.3 Å². The quantitative estimate of drug-likeness (QED) is 0.738. The van der Waals surface area contributed by atoms with Crippen molar-refractivity contribution in [3.05, 3.63) is 29.8 Å². The van der Waals surface area contributed by atoms with Gasteiger partial charge in [-0.25, -0.2) is 0 Å². The topological polar surface area (TPSA) is 78.5 Å². The van der Waals surface area contributed by atoms with Crippen LogP contribution in [0, 0.1) is 5.92 Å². The summed E-state index contributed by atoms with van der Waals surface area (Å²) in [6.45, 7) is 3.38. The van der Waals surface area contributed by atoms with E-state index in [1.54, 1.807) is 18.2 Å². The number of likely N-dealkylation sites (tertiary alicyclic amines) is 1. The third-order valence-electron chi connectivity index (χ3n) is 5.86. The molecule has 0 spiro atoms. The number of hydrogen-bond donors (Lipinski definition) is 2. The molecular formula is C22H31N3O3. The zero-order valence-corrected chi connectivity index (χ0v) is 16.7. The van der Waals surface area contributed by atoms with Crippen molar-refractivity contribution in [2.75, 3.05) is 25.0 Å². The summed E-state index contributed by atoms with van der Waals surface area (Å²) in [5, 5.41) is 6.07. The fraction of sp³-hybridized carbons (Fsp3) is 0.591. The van der Waals surface area contributed by atoms with Gasteiger partial charge < -0.3 is 10.6 Å². The Bertz CT molecular complexity index is 705. The van der Waals surface area contributed by atoms with Gasteiger partial charge in [-0.05, 0) is 44.7 Å². The minimum atomic E-state index is -0.113. The predicted octanol–water partition coefficient (Wildman–Crippen LogP) is 2.99. The van der Waals surface area contributed by atoms with Crippen LogP contribution in [0.2, 0.25) is 0 Å². The van der Waals surface area contributed by atoms with Gasteiger partial charge in [0.15, 0.2) is 5.78 Å². The summed E-state index contributed by atoms with van der Waals surface area (Å²) in [5.41, 5.74) is 1.09. The number of anilines is 1. The Morgan fingerprint density at radius 1 is 1.00 bits per heavy atom. The highest BCUT2D eigenvalue weighted by atomic mass is 16.2. The van der Waals surface area contributed by atoms with Gasteiger partial charge in [0.25, 0.3) is 0 Å². The third kappa shape index (κ3) is 5.64. The molecule has 152 valence electrons. The highest BCUT2D eigenvalue weighted by Gasteiger charge is 2.26.